The van der Waals surface area contributed by atoms with Crippen molar-refractivity contribution < 1.29 is 0 Å². The van der Waals surface area contributed by atoms with Crippen molar-refractivity contribution in [3.8, 4) is 0 Å². The molecule has 5 heteroatoms. The van der Waals surface area contributed by atoms with E-state index in [9.17, 15) is 4.79 Å². The Morgan fingerprint density at radius 3 is 2.52 bits per heavy atom. The Balaban J connectivity index is 1.77. The molecule has 0 amide bonds. The minimum absolute atomic E-state index is 0.0714. The number of benzene rings is 1. The lowest BCUT2D eigenvalue weighted by molar-refractivity contribution is 0.965. The summed E-state index contributed by atoms with van der Waals surface area (Å²) in [5.41, 5.74) is 2.61. The predicted octanol–water partition coefficient (Wildman–Crippen LogP) is 2.93. The van der Waals surface area contributed by atoms with Crippen molar-refractivity contribution in [1.29, 1.82) is 0 Å². The highest BCUT2D eigenvalue weighted by molar-refractivity contribution is 6.30. The average molecular weight is 300 g/mol. The molecule has 2 N–H and O–H groups in total. The smallest absolute Gasteiger partial charge is 0.251 e. The van der Waals surface area contributed by atoms with Gasteiger partial charge in [-0.2, -0.15) is 0 Å². The maximum Gasteiger partial charge on any atom is 0.251 e. The summed E-state index contributed by atoms with van der Waals surface area (Å²) < 4.78 is 0. The molecular formula is C16H14ClN3O. The van der Waals surface area contributed by atoms with Gasteiger partial charge in [0.05, 0.1) is 0 Å². The largest absolute Gasteiger partial charge is 0.348 e. The zero-order valence-electron chi connectivity index (χ0n) is 11.3. The fraction of sp³-hybridized carbons (Fsp3) is 0.125. The second-order valence-corrected chi connectivity index (χ2v) is 5.29. The fourth-order valence-corrected chi connectivity index (χ4v) is 2.31. The minimum Gasteiger partial charge on any atom is -0.348 e. The summed E-state index contributed by atoms with van der Waals surface area (Å²) in [6.07, 6.45) is 4.61. The van der Waals surface area contributed by atoms with E-state index in [-0.39, 0.29) is 5.56 Å². The van der Waals surface area contributed by atoms with Crippen molar-refractivity contribution in [3.63, 3.8) is 0 Å². The van der Waals surface area contributed by atoms with Crippen LogP contribution in [-0.2, 0) is 12.8 Å². The molecule has 2 heterocycles. The van der Waals surface area contributed by atoms with Crippen LogP contribution in [0.3, 0.4) is 0 Å². The molecule has 2 aromatic heterocycles. The van der Waals surface area contributed by atoms with Crippen LogP contribution in [0.1, 0.15) is 22.6 Å². The van der Waals surface area contributed by atoms with Crippen LogP contribution in [0.4, 0.5) is 0 Å². The first-order valence-electron chi connectivity index (χ1n) is 6.64. The van der Waals surface area contributed by atoms with Gasteiger partial charge in [-0.25, -0.2) is 4.98 Å². The van der Waals surface area contributed by atoms with Crippen LogP contribution in [0.25, 0.3) is 0 Å². The van der Waals surface area contributed by atoms with E-state index < -0.39 is 0 Å². The number of rotatable bonds is 4. The molecular weight excluding hydrogens is 286 g/mol. The van der Waals surface area contributed by atoms with Crippen molar-refractivity contribution >= 4 is 11.6 Å². The second-order valence-electron chi connectivity index (χ2n) is 4.85. The first kappa shape index (κ1) is 13.6. The van der Waals surface area contributed by atoms with Crippen LogP contribution in [0.5, 0.6) is 0 Å². The summed E-state index contributed by atoms with van der Waals surface area (Å²) in [6.45, 7) is 0. The monoisotopic (exact) mass is 299 g/mol. The van der Waals surface area contributed by atoms with Crippen molar-refractivity contribution in [1.82, 2.24) is 15.0 Å². The molecule has 0 aliphatic carbocycles. The van der Waals surface area contributed by atoms with E-state index in [2.05, 4.69) is 15.0 Å². The summed E-state index contributed by atoms with van der Waals surface area (Å²) >= 11 is 5.86. The molecule has 1 aromatic carbocycles. The zero-order valence-corrected chi connectivity index (χ0v) is 12.0. The molecule has 0 radical (unpaired) electrons. The summed E-state index contributed by atoms with van der Waals surface area (Å²) in [7, 11) is 0. The maximum absolute atomic E-state index is 12.1. The molecule has 106 valence electrons. The number of nitrogens with one attached hydrogen (secondary N) is 2. The third-order valence-corrected chi connectivity index (χ3v) is 3.52. The van der Waals surface area contributed by atoms with Crippen LogP contribution in [0.2, 0.25) is 5.02 Å². The van der Waals surface area contributed by atoms with Gasteiger partial charge in [0.15, 0.2) is 0 Å². The number of aromatic amines is 2. The van der Waals surface area contributed by atoms with Crippen LogP contribution >= 0.6 is 11.6 Å². The molecule has 21 heavy (non-hydrogen) atoms. The first-order valence-corrected chi connectivity index (χ1v) is 7.02. The Bertz CT molecular complexity index is 776. The molecule has 0 saturated carbocycles. The number of hydrogen-bond donors (Lipinski definition) is 2. The molecule has 0 atom stereocenters. The number of aromatic nitrogens is 3. The van der Waals surface area contributed by atoms with Gasteiger partial charge < -0.3 is 9.97 Å². The van der Waals surface area contributed by atoms with Gasteiger partial charge in [0.1, 0.15) is 5.82 Å². The Morgan fingerprint density at radius 1 is 1.05 bits per heavy atom. The SMILES string of the molecule is O=c1[nH]c(Cc2ccc(Cl)cc2)ccc1Cc1ncc[nH]1. The molecule has 4 nitrogen and oxygen atoms in total. The van der Waals surface area contributed by atoms with Gasteiger partial charge in [0.2, 0.25) is 0 Å². The van der Waals surface area contributed by atoms with Crippen molar-refractivity contribution in [2.24, 2.45) is 0 Å². The minimum atomic E-state index is -0.0714. The highest BCUT2D eigenvalue weighted by Crippen LogP contribution is 2.12. The molecule has 0 aliphatic heterocycles. The zero-order chi connectivity index (χ0) is 14.7. The summed E-state index contributed by atoms with van der Waals surface area (Å²) in [4.78, 5) is 22.1. The van der Waals surface area contributed by atoms with Gasteiger partial charge in [0, 0.05) is 41.5 Å². The normalized spacial score (nSPS) is 10.7. The number of imidazole rings is 1. The number of H-pyrrole nitrogens is 2. The molecule has 0 unspecified atom stereocenters. The van der Waals surface area contributed by atoms with Crippen molar-refractivity contribution in [2.75, 3.05) is 0 Å². The van der Waals surface area contributed by atoms with Crippen LogP contribution in [0, 0.1) is 0 Å². The van der Waals surface area contributed by atoms with E-state index >= 15 is 0 Å². The van der Waals surface area contributed by atoms with Crippen LogP contribution in [-0.4, -0.2) is 15.0 Å². The predicted molar refractivity (Wildman–Crippen MR) is 82.7 cm³/mol. The first-order chi connectivity index (χ1) is 10.2. The summed E-state index contributed by atoms with van der Waals surface area (Å²) in [5.74, 6) is 0.783. The van der Waals surface area contributed by atoms with E-state index in [0.29, 0.717) is 23.4 Å². The molecule has 0 saturated heterocycles. The Labute approximate surface area is 126 Å². The molecule has 3 aromatic rings. The quantitative estimate of drug-likeness (QED) is 0.778. The Morgan fingerprint density at radius 2 is 1.86 bits per heavy atom. The molecule has 0 aliphatic rings. The second kappa shape index (κ2) is 5.97. The topological polar surface area (TPSA) is 61.5 Å². The average Bonchev–Trinajstić information content (AvgIpc) is 2.97. The van der Waals surface area contributed by atoms with Gasteiger partial charge in [0.25, 0.3) is 5.56 Å². The number of hydrogen-bond acceptors (Lipinski definition) is 2. The fourth-order valence-electron chi connectivity index (χ4n) is 2.18. The summed E-state index contributed by atoms with van der Waals surface area (Å²) in [5, 5.41) is 0.709. The lowest BCUT2D eigenvalue weighted by Gasteiger charge is -2.04. The summed E-state index contributed by atoms with van der Waals surface area (Å²) in [6, 6.07) is 11.4. The van der Waals surface area contributed by atoms with Gasteiger partial charge in [-0.3, -0.25) is 4.79 Å². The molecule has 3 rings (SSSR count). The van der Waals surface area contributed by atoms with Gasteiger partial charge in [-0.05, 0) is 23.8 Å². The lowest BCUT2D eigenvalue weighted by atomic mass is 10.1. The van der Waals surface area contributed by atoms with E-state index in [1.165, 1.54) is 0 Å². The highest BCUT2D eigenvalue weighted by Gasteiger charge is 2.05. The van der Waals surface area contributed by atoms with E-state index in [1.807, 2.05) is 36.4 Å². The van der Waals surface area contributed by atoms with Crippen molar-refractivity contribution in [2.45, 2.75) is 12.8 Å². The number of nitrogens with zero attached hydrogens (tertiary/aromatic N) is 1. The maximum atomic E-state index is 12.1. The Kier molecular flexibility index (Phi) is 3.88. The van der Waals surface area contributed by atoms with E-state index in [4.69, 9.17) is 11.6 Å². The van der Waals surface area contributed by atoms with E-state index in [1.54, 1.807) is 12.4 Å². The lowest BCUT2D eigenvalue weighted by Crippen LogP contribution is -2.15. The van der Waals surface area contributed by atoms with Gasteiger partial charge >= 0.3 is 0 Å². The van der Waals surface area contributed by atoms with Crippen molar-refractivity contribution in [3.05, 3.63) is 86.8 Å². The van der Waals surface area contributed by atoms with Gasteiger partial charge in [-0.15, -0.1) is 0 Å². The molecule has 0 bridgehead atoms. The third kappa shape index (κ3) is 3.41. The third-order valence-electron chi connectivity index (χ3n) is 3.27. The van der Waals surface area contributed by atoms with Crippen LogP contribution in [0.15, 0.2) is 53.6 Å². The number of halogens is 1. The standard InChI is InChI=1S/C16H14ClN3O/c17-13-4-1-11(2-5-13)9-14-6-3-12(16(21)20-14)10-15-18-7-8-19-15/h1-8H,9-10H2,(H,18,19)(H,20,21). The van der Waals surface area contributed by atoms with Gasteiger partial charge in [-0.1, -0.05) is 29.8 Å². The Hall–Kier alpha value is -2.33. The highest BCUT2D eigenvalue weighted by atomic mass is 35.5. The number of pyridine rings is 1. The van der Waals surface area contributed by atoms with E-state index in [0.717, 1.165) is 17.1 Å². The van der Waals surface area contributed by atoms with Crippen LogP contribution < -0.4 is 5.56 Å². The molecule has 0 spiro atoms. The molecule has 0 fully saturated rings.